The number of nitrogens with zero attached hydrogens (tertiary/aromatic N) is 3. The largest absolute Gasteiger partial charge is 0.405 e. The summed E-state index contributed by atoms with van der Waals surface area (Å²) in [6.07, 6.45) is 4.80. The first-order chi connectivity index (χ1) is 12.6. The summed E-state index contributed by atoms with van der Waals surface area (Å²) in [5.41, 5.74) is 5.15. The summed E-state index contributed by atoms with van der Waals surface area (Å²) in [6.45, 7) is 1.90. The molecule has 0 aliphatic carbocycles. The number of nitrogens with one attached hydrogen (secondary N) is 1. The minimum atomic E-state index is -0.438. The number of hydrogen-bond donors (Lipinski definition) is 1. The van der Waals surface area contributed by atoms with Gasteiger partial charge in [0.2, 0.25) is 5.71 Å². The standard InChI is InChI=1S/C19H14N4O3/c1-12-4-7-17-23(12)16-9-14(5-6-15(16)19(25)26-17)18(24)22-21-11-13-3-2-8-20-10-13/h2-11H,1H3,(H,22,24)/b21-11+. The number of hydrazone groups is 1. The van der Waals surface area contributed by atoms with Gasteiger partial charge in [0.25, 0.3) is 5.91 Å². The molecular weight excluding hydrogens is 332 g/mol. The van der Waals surface area contributed by atoms with Crippen molar-refractivity contribution in [2.75, 3.05) is 0 Å². The third-order valence-corrected chi connectivity index (χ3v) is 4.02. The van der Waals surface area contributed by atoms with Crippen LogP contribution in [0.1, 0.15) is 21.6 Å². The number of benzene rings is 1. The van der Waals surface area contributed by atoms with Crippen LogP contribution in [0, 0.1) is 6.92 Å². The van der Waals surface area contributed by atoms with Crippen molar-refractivity contribution >= 4 is 28.7 Å². The Bertz CT molecular complexity index is 1210. The summed E-state index contributed by atoms with van der Waals surface area (Å²) >= 11 is 0. The Kier molecular flexibility index (Phi) is 3.81. The molecule has 0 aliphatic rings. The van der Waals surface area contributed by atoms with Crippen molar-refractivity contribution in [3.8, 4) is 0 Å². The monoisotopic (exact) mass is 346 g/mol. The van der Waals surface area contributed by atoms with E-state index >= 15 is 0 Å². The van der Waals surface area contributed by atoms with E-state index in [-0.39, 0.29) is 5.91 Å². The van der Waals surface area contributed by atoms with Gasteiger partial charge >= 0.3 is 5.63 Å². The Labute approximate surface area is 147 Å². The lowest BCUT2D eigenvalue weighted by Crippen LogP contribution is -2.18. The summed E-state index contributed by atoms with van der Waals surface area (Å²) in [7, 11) is 0. The van der Waals surface area contributed by atoms with Crippen LogP contribution < -0.4 is 11.1 Å². The molecule has 0 saturated heterocycles. The Morgan fingerprint density at radius 3 is 2.96 bits per heavy atom. The summed E-state index contributed by atoms with van der Waals surface area (Å²) in [4.78, 5) is 28.4. The maximum Gasteiger partial charge on any atom is 0.346 e. The van der Waals surface area contributed by atoms with Crippen molar-refractivity contribution in [2.24, 2.45) is 5.10 Å². The molecule has 128 valence electrons. The van der Waals surface area contributed by atoms with Crippen molar-refractivity contribution in [1.29, 1.82) is 0 Å². The number of amides is 1. The van der Waals surface area contributed by atoms with Gasteiger partial charge < -0.3 is 4.42 Å². The van der Waals surface area contributed by atoms with Gasteiger partial charge in [-0.25, -0.2) is 10.2 Å². The predicted molar refractivity (Wildman–Crippen MR) is 97.5 cm³/mol. The number of fused-ring (bicyclic) bond motifs is 3. The molecule has 3 aromatic heterocycles. The van der Waals surface area contributed by atoms with Gasteiger partial charge in [0.05, 0.1) is 17.1 Å². The van der Waals surface area contributed by atoms with Crippen molar-refractivity contribution in [2.45, 2.75) is 6.92 Å². The van der Waals surface area contributed by atoms with Crippen LogP contribution in [-0.4, -0.2) is 21.5 Å². The minimum absolute atomic E-state index is 0.377. The second kappa shape index (κ2) is 6.29. The van der Waals surface area contributed by atoms with Crippen LogP contribution >= 0.6 is 0 Å². The summed E-state index contributed by atoms with van der Waals surface area (Å²) < 4.78 is 7.09. The fraction of sp³-hybridized carbons (Fsp3) is 0.0526. The summed E-state index contributed by atoms with van der Waals surface area (Å²) in [6, 6.07) is 12.0. The molecule has 1 N–H and O–H groups in total. The molecular formula is C19H14N4O3. The van der Waals surface area contributed by atoms with Gasteiger partial charge in [0.1, 0.15) is 0 Å². The third kappa shape index (κ3) is 2.75. The van der Waals surface area contributed by atoms with E-state index in [1.165, 1.54) is 6.21 Å². The molecule has 4 rings (SSSR count). The quantitative estimate of drug-likeness (QED) is 0.456. The number of carbonyl (C=O) groups is 1. The maximum atomic E-state index is 12.4. The molecule has 4 aromatic rings. The average molecular weight is 346 g/mol. The number of pyridine rings is 1. The van der Waals surface area contributed by atoms with Crippen molar-refractivity contribution in [3.05, 3.63) is 82.1 Å². The van der Waals surface area contributed by atoms with Crippen LogP contribution in [0.2, 0.25) is 0 Å². The van der Waals surface area contributed by atoms with Gasteiger partial charge in [-0.3, -0.25) is 14.2 Å². The molecule has 3 heterocycles. The van der Waals surface area contributed by atoms with E-state index in [0.29, 0.717) is 22.2 Å². The molecule has 0 atom stereocenters. The normalized spacial score (nSPS) is 11.4. The minimum Gasteiger partial charge on any atom is -0.405 e. The SMILES string of the molecule is Cc1ccc2oc(=O)c3ccc(C(=O)N/N=C/c4cccnc4)cc3n12. The second-order valence-corrected chi connectivity index (χ2v) is 5.76. The maximum absolute atomic E-state index is 12.4. The number of hydrogen-bond acceptors (Lipinski definition) is 5. The van der Waals surface area contributed by atoms with Crippen LogP contribution in [0.25, 0.3) is 16.6 Å². The zero-order valence-electron chi connectivity index (χ0n) is 13.8. The summed E-state index contributed by atoms with van der Waals surface area (Å²) in [5.74, 6) is -0.377. The van der Waals surface area contributed by atoms with Crippen molar-refractivity contribution in [1.82, 2.24) is 14.8 Å². The molecule has 7 heteroatoms. The van der Waals surface area contributed by atoms with Crippen LogP contribution in [0.3, 0.4) is 0 Å². The van der Waals surface area contributed by atoms with Gasteiger partial charge in [-0.1, -0.05) is 6.07 Å². The average Bonchev–Trinajstić information content (AvgIpc) is 3.03. The van der Waals surface area contributed by atoms with E-state index in [9.17, 15) is 9.59 Å². The molecule has 0 saturated carbocycles. The fourth-order valence-corrected chi connectivity index (χ4v) is 2.77. The molecule has 0 spiro atoms. The number of aryl methyl sites for hydroxylation is 1. The van der Waals surface area contributed by atoms with Gasteiger partial charge in [0.15, 0.2) is 0 Å². The number of carbonyl (C=O) groups excluding carboxylic acids is 1. The van der Waals surface area contributed by atoms with E-state index in [4.69, 9.17) is 4.42 Å². The van der Waals surface area contributed by atoms with Crippen molar-refractivity contribution in [3.63, 3.8) is 0 Å². The topological polar surface area (TPSA) is 89.0 Å². The van der Waals surface area contributed by atoms with E-state index in [2.05, 4.69) is 15.5 Å². The smallest absolute Gasteiger partial charge is 0.346 e. The van der Waals surface area contributed by atoms with Gasteiger partial charge in [-0.15, -0.1) is 0 Å². The van der Waals surface area contributed by atoms with Crippen LogP contribution in [0.4, 0.5) is 0 Å². The lowest BCUT2D eigenvalue weighted by molar-refractivity contribution is 0.0955. The Hall–Kier alpha value is -3.74. The van der Waals surface area contributed by atoms with E-state index < -0.39 is 5.63 Å². The van der Waals surface area contributed by atoms with Crippen LogP contribution in [0.15, 0.2) is 69.2 Å². The van der Waals surface area contributed by atoms with E-state index in [1.54, 1.807) is 47.1 Å². The van der Waals surface area contributed by atoms with Gasteiger partial charge in [0, 0.05) is 35.3 Å². The van der Waals surface area contributed by atoms with Crippen LogP contribution in [-0.2, 0) is 0 Å². The highest BCUT2D eigenvalue weighted by molar-refractivity contribution is 5.98. The molecule has 1 amide bonds. The second-order valence-electron chi connectivity index (χ2n) is 5.76. The van der Waals surface area contributed by atoms with E-state index in [0.717, 1.165) is 11.3 Å². The highest BCUT2D eigenvalue weighted by Gasteiger charge is 2.12. The first-order valence-corrected chi connectivity index (χ1v) is 7.92. The zero-order chi connectivity index (χ0) is 18.1. The highest BCUT2D eigenvalue weighted by Crippen LogP contribution is 2.18. The van der Waals surface area contributed by atoms with E-state index in [1.807, 2.05) is 19.1 Å². The van der Waals surface area contributed by atoms with Gasteiger partial charge in [-0.05, 0) is 37.3 Å². The molecule has 0 bridgehead atoms. The molecule has 1 aromatic carbocycles. The molecule has 0 fully saturated rings. The number of aromatic nitrogens is 2. The first-order valence-electron chi connectivity index (χ1n) is 7.92. The Balaban J connectivity index is 1.69. The van der Waals surface area contributed by atoms with Crippen molar-refractivity contribution < 1.29 is 9.21 Å². The molecule has 0 aliphatic heterocycles. The molecule has 7 nitrogen and oxygen atoms in total. The molecule has 0 unspecified atom stereocenters. The van der Waals surface area contributed by atoms with Gasteiger partial charge in [-0.2, -0.15) is 5.10 Å². The highest BCUT2D eigenvalue weighted by atomic mass is 16.4. The molecule has 26 heavy (non-hydrogen) atoms. The lowest BCUT2D eigenvalue weighted by Gasteiger charge is -2.06. The fourth-order valence-electron chi connectivity index (χ4n) is 2.77. The Morgan fingerprint density at radius 2 is 2.15 bits per heavy atom. The third-order valence-electron chi connectivity index (χ3n) is 4.02. The lowest BCUT2D eigenvalue weighted by atomic mass is 10.1. The predicted octanol–water partition coefficient (Wildman–Crippen LogP) is 2.51. The first kappa shape index (κ1) is 15.8. The molecule has 0 radical (unpaired) electrons. The number of rotatable bonds is 3. The zero-order valence-corrected chi connectivity index (χ0v) is 13.8. The van der Waals surface area contributed by atoms with Crippen LogP contribution in [0.5, 0.6) is 0 Å². The Morgan fingerprint density at radius 1 is 1.27 bits per heavy atom. The summed E-state index contributed by atoms with van der Waals surface area (Å²) in [5, 5.41) is 4.34.